The van der Waals surface area contributed by atoms with Crippen molar-refractivity contribution < 1.29 is 14.3 Å². The SMILES string of the molecule is CCOC(=O)c1c(NC(=O)c2ccc(C)[nH]c2=O)sc(C)c1CC. The summed E-state index contributed by atoms with van der Waals surface area (Å²) in [4.78, 5) is 40.1. The summed E-state index contributed by atoms with van der Waals surface area (Å²) in [5, 5.41) is 3.09. The molecule has 2 aromatic heterocycles. The zero-order chi connectivity index (χ0) is 17.9. The fourth-order valence-electron chi connectivity index (χ4n) is 2.43. The van der Waals surface area contributed by atoms with Crippen molar-refractivity contribution in [3.8, 4) is 0 Å². The maximum absolute atomic E-state index is 12.4. The van der Waals surface area contributed by atoms with Crippen LogP contribution in [0.4, 0.5) is 5.00 Å². The molecule has 0 saturated carbocycles. The molecule has 0 bridgehead atoms. The summed E-state index contributed by atoms with van der Waals surface area (Å²) in [5.41, 5.74) is 1.43. The number of ether oxygens (including phenoxy) is 1. The van der Waals surface area contributed by atoms with Crippen molar-refractivity contribution in [2.45, 2.75) is 34.1 Å². The fraction of sp³-hybridized carbons (Fsp3) is 0.353. The van der Waals surface area contributed by atoms with E-state index in [2.05, 4.69) is 10.3 Å². The molecule has 0 aliphatic heterocycles. The molecule has 1 amide bonds. The molecular formula is C17H20N2O4S. The van der Waals surface area contributed by atoms with E-state index in [1.54, 1.807) is 19.9 Å². The van der Waals surface area contributed by atoms with Crippen molar-refractivity contribution in [1.29, 1.82) is 0 Å². The summed E-state index contributed by atoms with van der Waals surface area (Å²) in [6.07, 6.45) is 0.650. The van der Waals surface area contributed by atoms with Crippen LogP contribution < -0.4 is 10.9 Å². The molecule has 0 aliphatic carbocycles. The fourth-order valence-corrected chi connectivity index (χ4v) is 3.56. The average molecular weight is 348 g/mol. The Labute approximate surface area is 143 Å². The van der Waals surface area contributed by atoms with Crippen molar-refractivity contribution in [3.05, 3.63) is 49.7 Å². The van der Waals surface area contributed by atoms with Crippen LogP contribution in [0.2, 0.25) is 0 Å². The van der Waals surface area contributed by atoms with Gasteiger partial charge in [0.15, 0.2) is 0 Å². The van der Waals surface area contributed by atoms with E-state index >= 15 is 0 Å². The maximum atomic E-state index is 12.4. The van der Waals surface area contributed by atoms with Crippen molar-refractivity contribution in [3.63, 3.8) is 0 Å². The Hall–Kier alpha value is -2.41. The third-order valence-corrected chi connectivity index (χ3v) is 4.63. The predicted molar refractivity (Wildman–Crippen MR) is 94.1 cm³/mol. The van der Waals surface area contributed by atoms with Gasteiger partial charge in [0.25, 0.3) is 11.5 Å². The van der Waals surface area contributed by atoms with E-state index in [4.69, 9.17) is 4.74 Å². The van der Waals surface area contributed by atoms with E-state index < -0.39 is 17.4 Å². The first kappa shape index (κ1) is 17.9. The summed E-state index contributed by atoms with van der Waals surface area (Å²) in [6.45, 7) is 7.54. The molecule has 0 atom stereocenters. The first-order chi connectivity index (χ1) is 11.4. The second kappa shape index (κ2) is 7.44. The Morgan fingerprint density at radius 3 is 2.54 bits per heavy atom. The van der Waals surface area contributed by atoms with Crippen molar-refractivity contribution in [1.82, 2.24) is 4.98 Å². The van der Waals surface area contributed by atoms with Crippen LogP contribution in [0.3, 0.4) is 0 Å². The zero-order valence-electron chi connectivity index (χ0n) is 14.1. The molecule has 128 valence electrons. The number of anilines is 1. The van der Waals surface area contributed by atoms with E-state index in [1.807, 2.05) is 13.8 Å². The van der Waals surface area contributed by atoms with Crippen LogP contribution in [0, 0.1) is 13.8 Å². The van der Waals surface area contributed by atoms with Crippen LogP contribution >= 0.6 is 11.3 Å². The van der Waals surface area contributed by atoms with Gasteiger partial charge in [0.2, 0.25) is 0 Å². The number of nitrogens with one attached hydrogen (secondary N) is 2. The molecule has 6 nitrogen and oxygen atoms in total. The largest absolute Gasteiger partial charge is 0.462 e. The number of rotatable bonds is 5. The van der Waals surface area contributed by atoms with Gasteiger partial charge in [-0.25, -0.2) is 4.79 Å². The van der Waals surface area contributed by atoms with Crippen LogP contribution in [0.5, 0.6) is 0 Å². The number of carbonyl (C=O) groups is 2. The Kier molecular flexibility index (Phi) is 5.56. The predicted octanol–water partition coefficient (Wildman–Crippen LogP) is 3.04. The molecule has 0 radical (unpaired) electrons. The maximum Gasteiger partial charge on any atom is 0.341 e. The number of H-pyrrole nitrogens is 1. The van der Waals surface area contributed by atoms with Crippen molar-refractivity contribution in [2.75, 3.05) is 11.9 Å². The molecule has 7 heteroatoms. The number of pyridine rings is 1. The number of hydrogen-bond donors (Lipinski definition) is 2. The molecule has 2 rings (SSSR count). The Balaban J connectivity index is 2.40. The highest BCUT2D eigenvalue weighted by Gasteiger charge is 2.24. The van der Waals surface area contributed by atoms with Crippen LogP contribution in [0.1, 0.15) is 50.7 Å². The van der Waals surface area contributed by atoms with Gasteiger partial charge in [-0.2, -0.15) is 0 Å². The third kappa shape index (κ3) is 3.56. The summed E-state index contributed by atoms with van der Waals surface area (Å²) < 4.78 is 5.10. The Morgan fingerprint density at radius 1 is 1.25 bits per heavy atom. The molecule has 0 spiro atoms. The topological polar surface area (TPSA) is 88.3 Å². The number of amides is 1. The number of carbonyl (C=O) groups excluding carboxylic acids is 2. The minimum absolute atomic E-state index is 0.000453. The first-order valence-corrected chi connectivity index (χ1v) is 8.51. The van der Waals surface area contributed by atoms with Crippen LogP contribution in [0.25, 0.3) is 0 Å². The zero-order valence-corrected chi connectivity index (χ0v) is 14.9. The lowest BCUT2D eigenvalue weighted by Gasteiger charge is -2.08. The number of hydrogen-bond acceptors (Lipinski definition) is 5. The van der Waals surface area contributed by atoms with Gasteiger partial charge in [0, 0.05) is 10.6 Å². The summed E-state index contributed by atoms with van der Waals surface area (Å²) in [6, 6.07) is 3.12. The van der Waals surface area contributed by atoms with E-state index in [-0.39, 0.29) is 12.2 Å². The second-order valence-electron chi connectivity index (χ2n) is 5.25. The van der Waals surface area contributed by atoms with Crippen molar-refractivity contribution >= 4 is 28.2 Å². The summed E-state index contributed by atoms with van der Waals surface area (Å²) >= 11 is 1.31. The van der Waals surface area contributed by atoms with Gasteiger partial charge < -0.3 is 15.0 Å². The van der Waals surface area contributed by atoms with E-state index in [0.717, 1.165) is 10.4 Å². The molecule has 24 heavy (non-hydrogen) atoms. The van der Waals surface area contributed by atoms with Crippen LogP contribution in [-0.4, -0.2) is 23.5 Å². The Morgan fingerprint density at radius 2 is 1.96 bits per heavy atom. The number of esters is 1. The van der Waals surface area contributed by atoms with Crippen LogP contribution in [0.15, 0.2) is 16.9 Å². The molecule has 2 aromatic rings. The molecule has 0 unspecified atom stereocenters. The lowest BCUT2D eigenvalue weighted by molar-refractivity contribution is 0.0527. The van der Waals surface area contributed by atoms with E-state index in [0.29, 0.717) is 22.7 Å². The minimum Gasteiger partial charge on any atom is -0.462 e. The van der Waals surface area contributed by atoms with E-state index in [1.165, 1.54) is 17.4 Å². The van der Waals surface area contributed by atoms with Gasteiger partial charge in [0.05, 0.1) is 12.2 Å². The molecule has 0 saturated heterocycles. The van der Waals surface area contributed by atoms with Gasteiger partial charge >= 0.3 is 5.97 Å². The quantitative estimate of drug-likeness (QED) is 0.813. The molecule has 0 fully saturated rings. The third-order valence-electron chi connectivity index (χ3n) is 3.57. The second-order valence-corrected chi connectivity index (χ2v) is 6.48. The number of aryl methyl sites for hydroxylation is 2. The molecule has 0 aromatic carbocycles. The lowest BCUT2D eigenvalue weighted by Crippen LogP contribution is -2.24. The number of thiophene rings is 1. The summed E-state index contributed by atoms with van der Waals surface area (Å²) in [5.74, 6) is -1.02. The van der Waals surface area contributed by atoms with Crippen molar-refractivity contribution in [2.24, 2.45) is 0 Å². The van der Waals surface area contributed by atoms with E-state index in [9.17, 15) is 14.4 Å². The Bertz CT molecular complexity index is 836. The standard InChI is InChI=1S/C17H20N2O4S/c1-5-11-10(4)24-16(13(11)17(22)23-6-2)19-15(21)12-8-7-9(3)18-14(12)20/h7-8H,5-6H2,1-4H3,(H,18,20)(H,19,21). The normalized spacial score (nSPS) is 10.5. The number of aromatic amines is 1. The smallest absolute Gasteiger partial charge is 0.341 e. The highest BCUT2D eigenvalue weighted by molar-refractivity contribution is 7.16. The van der Waals surface area contributed by atoms with Gasteiger partial charge in [-0.05, 0) is 44.9 Å². The average Bonchev–Trinajstić information content (AvgIpc) is 2.82. The molecule has 2 N–H and O–H groups in total. The minimum atomic E-state index is -0.550. The molecular weight excluding hydrogens is 328 g/mol. The van der Waals surface area contributed by atoms with Gasteiger partial charge in [-0.1, -0.05) is 6.92 Å². The molecule has 2 heterocycles. The summed E-state index contributed by atoms with van der Waals surface area (Å²) in [7, 11) is 0. The van der Waals surface area contributed by atoms with Gasteiger partial charge in [0.1, 0.15) is 10.6 Å². The van der Waals surface area contributed by atoms with Gasteiger partial charge in [-0.15, -0.1) is 11.3 Å². The monoisotopic (exact) mass is 348 g/mol. The highest BCUT2D eigenvalue weighted by atomic mass is 32.1. The highest BCUT2D eigenvalue weighted by Crippen LogP contribution is 2.34. The molecule has 0 aliphatic rings. The number of aromatic nitrogens is 1. The first-order valence-electron chi connectivity index (χ1n) is 7.69. The van der Waals surface area contributed by atoms with Gasteiger partial charge in [-0.3, -0.25) is 9.59 Å². The van der Waals surface area contributed by atoms with Crippen LogP contribution in [-0.2, 0) is 11.2 Å². The lowest BCUT2D eigenvalue weighted by atomic mass is 10.1.